The van der Waals surface area contributed by atoms with Gasteiger partial charge in [0, 0.05) is 24.4 Å². The van der Waals surface area contributed by atoms with E-state index in [0.29, 0.717) is 29.3 Å². The van der Waals surface area contributed by atoms with E-state index >= 15 is 0 Å². The molecular weight excluding hydrogens is 403 g/mol. The minimum atomic E-state index is -0.336. The Labute approximate surface area is 179 Å². The van der Waals surface area contributed by atoms with Crippen molar-refractivity contribution in [2.45, 2.75) is 39.0 Å². The van der Waals surface area contributed by atoms with Crippen LogP contribution in [0.25, 0.3) is 5.69 Å². The Bertz CT molecular complexity index is 1000. The summed E-state index contributed by atoms with van der Waals surface area (Å²) in [6.45, 7) is 6.51. The lowest BCUT2D eigenvalue weighted by Gasteiger charge is -2.14. The molecule has 0 aliphatic heterocycles. The number of anilines is 1. The average molecular weight is 429 g/mol. The Balaban J connectivity index is 1.63. The smallest absolute Gasteiger partial charge is 0.261 e. The van der Waals surface area contributed by atoms with Gasteiger partial charge in [-0.05, 0) is 42.1 Å². The van der Waals surface area contributed by atoms with Gasteiger partial charge in [-0.25, -0.2) is 9.07 Å². The van der Waals surface area contributed by atoms with Crippen LogP contribution in [0.4, 0.5) is 10.2 Å². The van der Waals surface area contributed by atoms with Gasteiger partial charge in [-0.15, -0.1) is 11.3 Å². The first kappa shape index (κ1) is 21.7. The Morgan fingerprint density at radius 1 is 1.17 bits per heavy atom. The molecule has 2 N–H and O–H groups in total. The summed E-state index contributed by atoms with van der Waals surface area (Å²) in [7, 11) is 0. The second-order valence-corrected chi connectivity index (χ2v) is 8.89. The minimum Gasteiger partial charge on any atom is -0.351 e. The van der Waals surface area contributed by atoms with Crippen LogP contribution in [0.1, 0.15) is 49.0 Å². The lowest BCUT2D eigenvalue weighted by Crippen LogP contribution is -2.24. The van der Waals surface area contributed by atoms with Crippen molar-refractivity contribution in [3.63, 3.8) is 0 Å². The lowest BCUT2D eigenvalue weighted by atomic mass is 9.92. The molecule has 8 heteroatoms. The van der Waals surface area contributed by atoms with E-state index in [1.807, 2.05) is 38.3 Å². The molecule has 6 nitrogen and oxygen atoms in total. The molecule has 2 aromatic heterocycles. The first-order chi connectivity index (χ1) is 14.2. The van der Waals surface area contributed by atoms with Crippen LogP contribution in [-0.4, -0.2) is 28.1 Å². The van der Waals surface area contributed by atoms with Gasteiger partial charge in [0.2, 0.25) is 5.91 Å². The van der Waals surface area contributed by atoms with Crippen molar-refractivity contribution >= 4 is 29.0 Å². The van der Waals surface area contributed by atoms with Crippen LogP contribution in [-0.2, 0) is 10.2 Å². The molecule has 0 saturated heterocycles. The highest BCUT2D eigenvalue weighted by Gasteiger charge is 2.21. The van der Waals surface area contributed by atoms with Gasteiger partial charge in [0.25, 0.3) is 5.91 Å². The standard InChI is InChI=1S/C22H25FN4O2S/c1-22(2,3)18-14-19(27(26-18)16-10-8-15(23)9-11-16)25-20(28)7-4-12-24-21(29)17-6-5-13-30-17/h5-6,8-11,13-14H,4,7,12H2,1-3H3,(H,24,29)(H,25,28). The van der Waals surface area contributed by atoms with Gasteiger partial charge in [-0.3, -0.25) is 9.59 Å². The molecule has 0 saturated carbocycles. The van der Waals surface area contributed by atoms with Crippen LogP contribution in [0.15, 0.2) is 47.8 Å². The molecule has 0 aliphatic carbocycles. The number of nitrogens with one attached hydrogen (secondary N) is 2. The Hall–Kier alpha value is -3.00. The second kappa shape index (κ2) is 9.21. The molecule has 1 aromatic carbocycles. The third kappa shape index (κ3) is 5.54. The number of nitrogens with zero attached hydrogens (tertiary/aromatic N) is 2. The number of carbonyl (C=O) groups excluding carboxylic acids is 2. The molecule has 2 amide bonds. The summed E-state index contributed by atoms with van der Waals surface area (Å²) >= 11 is 1.38. The van der Waals surface area contributed by atoms with E-state index in [1.165, 1.54) is 23.5 Å². The van der Waals surface area contributed by atoms with Gasteiger partial charge in [0.1, 0.15) is 11.6 Å². The zero-order valence-electron chi connectivity index (χ0n) is 17.2. The number of halogens is 1. The van der Waals surface area contributed by atoms with Crippen molar-refractivity contribution in [2.75, 3.05) is 11.9 Å². The number of hydrogen-bond acceptors (Lipinski definition) is 4. The van der Waals surface area contributed by atoms with Gasteiger partial charge in [-0.2, -0.15) is 5.10 Å². The zero-order chi connectivity index (χ0) is 21.7. The number of rotatable bonds is 7. The van der Waals surface area contributed by atoms with Crippen molar-refractivity contribution in [1.82, 2.24) is 15.1 Å². The summed E-state index contributed by atoms with van der Waals surface area (Å²) in [5, 5.41) is 12.2. The van der Waals surface area contributed by atoms with Gasteiger partial charge in [-0.1, -0.05) is 26.8 Å². The SMILES string of the molecule is CC(C)(C)c1cc(NC(=O)CCCNC(=O)c2cccs2)n(-c2ccc(F)cc2)n1. The Morgan fingerprint density at radius 2 is 1.90 bits per heavy atom. The molecule has 2 heterocycles. The minimum absolute atomic E-state index is 0.130. The number of benzene rings is 1. The van der Waals surface area contributed by atoms with Gasteiger partial charge in [0.15, 0.2) is 0 Å². The second-order valence-electron chi connectivity index (χ2n) is 7.94. The summed E-state index contributed by atoms with van der Waals surface area (Å²) < 4.78 is 14.9. The van der Waals surface area contributed by atoms with Gasteiger partial charge < -0.3 is 10.6 Å². The fraction of sp³-hybridized carbons (Fsp3) is 0.318. The fourth-order valence-electron chi connectivity index (χ4n) is 2.77. The predicted octanol–water partition coefficient (Wildman–Crippen LogP) is 4.52. The molecule has 0 unspecified atom stereocenters. The van der Waals surface area contributed by atoms with Crippen LogP contribution >= 0.6 is 11.3 Å². The molecule has 30 heavy (non-hydrogen) atoms. The van der Waals surface area contributed by atoms with Crippen molar-refractivity contribution in [2.24, 2.45) is 0 Å². The largest absolute Gasteiger partial charge is 0.351 e. The number of aromatic nitrogens is 2. The van der Waals surface area contributed by atoms with E-state index in [2.05, 4.69) is 15.7 Å². The van der Waals surface area contributed by atoms with Gasteiger partial charge in [0.05, 0.1) is 16.3 Å². The topological polar surface area (TPSA) is 76.0 Å². The van der Waals surface area contributed by atoms with Crippen LogP contribution in [0.3, 0.4) is 0 Å². The molecule has 0 atom stereocenters. The van der Waals surface area contributed by atoms with Crippen LogP contribution in [0.5, 0.6) is 0 Å². The van der Waals surface area contributed by atoms with Crippen molar-refractivity contribution < 1.29 is 14.0 Å². The summed E-state index contributed by atoms with van der Waals surface area (Å²) in [4.78, 5) is 25.0. The Kier molecular flexibility index (Phi) is 6.66. The Morgan fingerprint density at radius 3 is 2.53 bits per heavy atom. The predicted molar refractivity (Wildman–Crippen MR) is 117 cm³/mol. The maximum absolute atomic E-state index is 13.3. The van der Waals surface area contributed by atoms with E-state index in [9.17, 15) is 14.0 Å². The third-order valence-corrected chi connectivity index (χ3v) is 5.30. The number of amides is 2. The third-order valence-electron chi connectivity index (χ3n) is 4.43. The van der Waals surface area contributed by atoms with Crippen molar-refractivity contribution in [3.05, 3.63) is 64.2 Å². The molecule has 3 aromatic rings. The molecular formula is C22H25FN4O2S. The van der Waals surface area contributed by atoms with Crippen molar-refractivity contribution in [3.8, 4) is 5.69 Å². The van der Waals surface area contributed by atoms with E-state index in [4.69, 9.17) is 0 Å². The van der Waals surface area contributed by atoms with Crippen molar-refractivity contribution in [1.29, 1.82) is 0 Å². The first-order valence-electron chi connectivity index (χ1n) is 9.72. The maximum Gasteiger partial charge on any atom is 0.261 e. The quantitative estimate of drug-likeness (QED) is 0.543. The fourth-order valence-corrected chi connectivity index (χ4v) is 3.41. The average Bonchev–Trinajstić information content (AvgIpc) is 3.36. The zero-order valence-corrected chi connectivity index (χ0v) is 18.1. The molecule has 3 rings (SSSR count). The van der Waals surface area contributed by atoms with Crippen LogP contribution < -0.4 is 10.6 Å². The van der Waals surface area contributed by atoms with E-state index < -0.39 is 0 Å². The molecule has 0 spiro atoms. The van der Waals surface area contributed by atoms with E-state index in [0.717, 1.165) is 5.69 Å². The molecule has 0 bridgehead atoms. The van der Waals surface area contributed by atoms with Crippen LogP contribution in [0, 0.1) is 5.82 Å². The summed E-state index contributed by atoms with van der Waals surface area (Å²) in [5.41, 5.74) is 1.26. The summed E-state index contributed by atoms with van der Waals surface area (Å²) in [6, 6.07) is 11.4. The molecule has 0 radical (unpaired) electrons. The monoisotopic (exact) mass is 428 g/mol. The number of carbonyl (C=O) groups is 2. The van der Waals surface area contributed by atoms with Gasteiger partial charge >= 0.3 is 0 Å². The molecule has 0 aliphatic rings. The molecule has 158 valence electrons. The number of hydrogen-bond donors (Lipinski definition) is 2. The highest BCUT2D eigenvalue weighted by Crippen LogP contribution is 2.26. The first-order valence-corrected chi connectivity index (χ1v) is 10.6. The maximum atomic E-state index is 13.3. The number of thiophene rings is 1. The normalized spacial score (nSPS) is 11.3. The van der Waals surface area contributed by atoms with E-state index in [-0.39, 0.29) is 29.5 Å². The summed E-state index contributed by atoms with van der Waals surface area (Å²) in [5.74, 6) is -0.116. The molecule has 0 fully saturated rings. The lowest BCUT2D eigenvalue weighted by molar-refractivity contribution is -0.116. The van der Waals surface area contributed by atoms with E-state index in [1.54, 1.807) is 22.9 Å². The van der Waals surface area contributed by atoms with Crippen LogP contribution in [0.2, 0.25) is 0 Å². The summed E-state index contributed by atoms with van der Waals surface area (Å²) in [6.07, 6.45) is 0.768. The highest BCUT2D eigenvalue weighted by molar-refractivity contribution is 7.12. The highest BCUT2D eigenvalue weighted by atomic mass is 32.1.